The number of rotatable bonds is 4. The first-order chi connectivity index (χ1) is 5.45. The molecular formula is C8H14O3. The van der Waals surface area contributed by atoms with Gasteiger partial charge in [0.15, 0.2) is 0 Å². The zero-order chi connectivity index (χ0) is 7.52. The fourth-order valence-corrected chi connectivity index (χ4v) is 1.27. The minimum Gasteiger partial charge on any atom is -0.376 e. The van der Waals surface area contributed by atoms with Gasteiger partial charge in [-0.3, -0.25) is 0 Å². The molecule has 1 unspecified atom stereocenters. The Bertz CT molecular complexity index is 117. The smallest absolute Gasteiger partial charge is 0.104 e. The van der Waals surface area contributed by atoms with Crippen LogP contribution >= 0.6 is 0 Å². The van der Waals surface area contributed by atoms with Gasteiger partial charge in [-0.05, 0) is 12.8 Å². The molecule has 3 nitrogen and oxygen atoms in total. The van der Waals surface area contributed by atoms with E-state index < -0.39 is 0 Å². The Morgan fingerprint density at radius 3 is 2.64 bits per heavy atom. The first-order valence-corrected chi connectivity index (χ1v) is 4.26. The van der Waals surface area contributed by atoms with E-state index in [0.29, 0.717) is 12.2 Å². The third-order valence-electron chi connectivity index (χ3n) is 2.03. The Hall–Kier alpha value is -0.120. The van der Waals surface area contributed by atoms with Gasteiger partial charge in [0.1, 0.15) is 6.10 Å². The molecule has 0 spiro atoms. The van der Waals surface area contributed by atoms with Crippen LogP contribution in [0.3, 0.4) is 0 Å². The van der Waals surface area contributed by atoms with Crippen molar-refractivity contribution >= 4 is 0 Å². The summed E-state index contributed by atoms with van der Waals surface area (Å²) < 4.78 is 15.8. The largest absolute Gasteiger partial charge is 0.376 e. The van der Waals surface area contributed by atoms with Gasteiger partial charge in [-0.1, -0.05) is 0 Å². The van der Waals surface area contributed by atoms with E-state index in [1.54, 1.807) is 0 Å². The highest BCUT2D eigenvalue weighted by Gasteiger charge is 2.23. The van der Waals surface area contributed by atoms with Gasteiger partial charge in [-0.15, -0.1) is 0 Å². The van der Waals surface area contributed by atoms with Crippen molar-refractivity contribution in [1.29, 1.82) is 0 Å². The highest BCUT2D eigenvalue weighted by atomic mass is 16.6. The SMILES string of the molecule is C1COC(COC[C@@H]2CO2)C1. The molecule has 0 saturated carbocycles. The maximum atomic E-state index is 5.39. The van der Waals surface area contributed by atoms with Gasteiger partial charge >= 0.3 is 0 Å². The lowest BCUT2D eigenvalue weighted by Crippen LogP contribution is -2.16. The van der Waals surface area contributed by atoms with Crippen molar-refractivity contribution in [3.8, 4) is 0 Å². The molecule has 0 amide bonds. The zero-order valence-corrected chi connectivity index (χ0v) is 6.62. The van der Waals surface area contributed by atoms with Gasteiger partial charge in [0, 0.05) is 6.61 Å². The summed E-state index contributed by atoms with van der Waals surface area (Å²) >= 11 is 0. The molecule has 0 aromatic heterocycles. The lowest BCUT2D eigenvalue weighted by Gasteiger charge is -2.08. The molecule has 2 aliphatic rings. The van der Waals surface area contributed by atoms with Crippen LogP contribution in [0.5, 0.6) is 0 Å². The monoisotopic (exact) mass is 158 g/mol. The molecule has 2 saturated heterocycles. The van der Waals surface area contributed by atoms with Crippen LogP contribution in [0.25, 0.3) is 0 Å². The molecule has 2 atom stereocenters. The van der Waals surface area contributed by atoms with Crippen molar-refractivity contribution in [3.63, 3.8) is 0 Å². The van der Waals surface area contributed by atoms with Gasteiger partial charge in [0.05, 0.1) is 25.9 Å². The number of hydrogen-bond donors (Lipinski definition) is 0. The second-order valence-electron chi connectivity index (χ2n) is 3.13. The van der Waals surface area contributed by atoms with E-state index in [1.165, 1.54) is 6.42 Å². The maximum Gasteiger partial charge on any atom is 0.104 e. The lowest BCUT2D eigenvalue weighted by molar-refractivity contribution is 0.0126. The maximum absolute atomic E-state index is 5.39. The third kappa shape index (κ3) is 2.43. The molecule has 2 aliphatic heterocycles. The normalized spacial score (nSPS) is 36.0. The molecular weight excluding hydrogens is 144 g/mol. The van der Waals surface area contributed by atoms with E-state index in [-0.39, 0.29) is 0 Å². The molecule has 0 N–H and O–H groups in total. The predicted molar refractivity (Wildman–Crippen MR) is 39.5 cm³/mol. The molecule has 0 aromatic rings. The minimum atomic E-state index is 0.355. The van der Waals surface area contributed by atoms with Crippen LogP contribution in [0.2, 0.25) is 0 Å². The van der Waals surface area contributed by atoms with Crippen LogP contribution in [-0.2, 0) is 14.2 Å². The molecule has 2 fully saturated rings. The van der Waals surface area contributed by atoms with Crippen molar-refractivity contribution in [2.75, 3.05) is 26.4 Å². The Labute approximate surface area is 66.6 Å². The lowest BCUT2D eigenvalue weighted by atomic mass is 10.2. The molecule has 0 bridgehead atoms. The standard InChI is InChI=1S/C8H14O3/c1-2-7(10-3-1)4-9-5-8-6-11-8/h7-8H,1-6H2/t7?,8-/m1/s1. The van der Waals surface area contributed by atoms with Crippen LogP contribution in [0.4, 0.5) is 0 Å². The molecule has 64 valence electrons. The Morgan fingerprint density at radius 2 is 2.00 bits per heavy atom. The summed E-state index contributed by atoms with van der Waals surface area (Å²) in [6.07, 6.45) is 3.09. The van der Waals surface area contributed by atoms with Crippen LogP contribution < -0.4 is 0 Å². The summed E-state index contributed by atoms with van der Waals surface area (Å²) in [7, 11) is 0. The van der Waals surface area contributed by atoms with Crippen LogP contribution in [0.15, 0.2) is 0 Å². The molecule has 0 aliphatic carbocycles. The first kappa shape index (κ1) is 7.53. The molecule has 0 radical (unpaired) electrons. The quantitative estimate of drug-likeness (QED) is 0.561. The van der Waals surface area contributed by atoms with Crippen molar-refractivity contribution in [1.82, 2.24) is 0 Å². The second-order valence-corrected chi connectivity index (χ2v) is 3.13. The van der Waals surface area contributed by atoms with Crippen LogP contribution in [0.1, 0.15) is 12.8 Å². The highest BCUT2D eigenvalue weighted by molar-refractivity contribution is 4.69. The van der Waals surface area contributed by atoms with E-state index >= 15 is 0 Å². The zero-order valence-electron chi connectivity index (χ0n) is 6.62. The van der Waals surface area contributed by atoms with Gasteiger partial charge in [-0.25, -0.2) is 0 Å². The summed E-state index contributed by atoms with van der Waals surface area (Å²) in [4.78, 5) is 0. The van der Waals surface area contributed by atoms with Crippen molar-refractivity contribution in [3.05, 3.63) is 0 Å². The van der Waals surface area contributed by atoms with Gasteiger partial charge < -0.3 is 14.2 Å². The van der Waals surface area contributed by atoms with E-state index in [1.807, 2.05) is 0 Å². The summed E-state index contributed by atoms with van der Waals surface area (Å²) in [5.41, 5.74) is 0. The Morgan fingerprint density at radius 1 is 1.18 bits per heavy atom. The topological polar surface area (TPSA) is 31.0 Å². The van der Waals surface area contributed by atoms with Crippen molar-refractivity contribution < 1.29 is 14.2 Å². The van der Waals surface area contributed by atoms with Gasteiger partial charge in [-0.2, -0.15) is 0 Å². The fourth-order valence-electron chi connectivity index (χ4n) is 1.27. The highest BCUT2D eigenvalue weighted by Crippen LogP contribution is 2.13. The molecule has 0 aromatic carbocycles. The van der Waals surface area contributed by atoms with Crippen molar-refractivity contribution in [2.45, 2.75) is 25.0 Å². The Kier molecular flexibility index (Phi) is 2.41. The van der Waals surface area contributed by atoms with Crippen molar-refractivity contribution in [2.24, 2.45) is 0 Å². The fraction of sp³-hybridized carbons (Fsp3) is 1.00. The minimum absolute atomic E-state index is 0.355. The number of ether oxygens (including phenoxy) is 3. The predicted octanol–water partition coefficient (Wildman–Crippen LogP) is 0.581. The van der Waals surface area contributed by atoms with Crippen LogP contribution in [0, 0.1) is 0 Å². The average molecular weight is 158 g/mol. The molecule has 11 heavy (non-hydrogen) atoms. The summed E-state index contributed by atoms with van der Waals surface area (Å²) in [5, 5.41) is 0. The average Bonchev–Trinajstić information content (AvgIpc) is 2.66. The van der Waals surface area contributed by atoms with E-state index in [4.69, 9.17) is 14.2 Å². The number of epoxide rings is 1. The van der Waals surface area contributed by atoms with Gasteiger partial charge in [0.2, 0.25) is 0 Å². The number of hydrogen-bond acceptors (Lipinski definition) is 3. The third-order valence-corrected chi connectivity index (χ3v) is 2.03. The molecule has 2 heterocycles. The van der Waals surface area contributed by atoms with E-state index in [9.17, 15) is 0 Å². The summed E-state index contributed by atoms with van der Waals surface area (Å²) in [6, 6.07) is 0. The molecule has 2 rings (SSSR count). The molecule has 3 heteroatoms. The van der Waals surface area contributed by atoms with E-state index in [0.717, 1.165) is 32.8 Å². The summed E-state index contributed by atoms with van der Waals surface area (Å²) in [5.74, 6) is 0. The van der Waals surface area contributed by atoms with Gasteiger partial charge in [0.25, 0.3) is 0 Å². The first-order valence-electron chi connectivity index (χ1n) is 4.26. The Balaban J connectivity index is 1.51. The van der Waals surface area contributed by atoms with Crippen LogP contribution in [-0.4, -0.2) is 38.6 Å². The van der Waals surface area contributed by atoms with E-state index in [2.05, 4.69) is 0 Å². The summed E-state index contributed by atoms with van der Waals surface area (Å²) in [6.45, 7) is 3.29. The second kappa shape index (κ2) is 3.52.